The Balaban J connectivity index is 3.25. The number of benzene rings is 1. The van der Waals surface area contributed by atoms with Gasteiger partial charge in [-0.1, -0.05) is 12.7 Å². The standard InChI is InChI=1S/C15H16BrNO5/c1-4-5-22-14-11(16)6-10(8-13(14)21-3)7-12(15(19)20)17-9(2)18/h4,6-8H,1,5H2,2-3H3,(H,17,18)(H,19,20). The van der Waals surface area contributed by atoms with Crippen molar-refractivity contribution in [2.75, 3.05) is 13.7 Å². The molecule has 0 aromatic heterocycles. The van der Waals surface area contributed by atoms with Crippen molar-refractivity contribution in [3.05, 3.63) is 40.5 Å². The van der Waals surface area contributed by atoms with Gasteiger partial charge in [-0.15, -0.1) is 0 Å². The fraction of sp³-hybridized carbons (Fsp3) is 0.200. The highest BCUT2D eigenvalue weighted by molar-refractivity contribution is 9.10. The largest absolute Gasteiger partial charge is 0.493 e. The van der Waals surface area contributed by atoms with Crippen LogP contribution in [0.3, 0.4) is 0 Å². The van der Waals surface area contributed by atoms with Crippen LogP contribution < -0.4 is 14.8 Å². The molecule has 0 saturated carbocycles. The molecule has 1 rings (SSSR count). The number of methoxy groups -OCH3 is 1. The smallest absolute Gasteiger partial charge is 0.352 e. The monoisotopic (exact) mass is 369 g/mol. The van der Waals surface area contributed by atoms with Gasteiger partial charge in [0.2, 0.25) is 5.91 Å². The van der Waals surface area contributed by atoms with E-state index < -0.39 is 11.9 Å². The van der Waals surface area contributed by atoms with Crippen LogP contribution in [0.25, 0.3) is 6.08 Å². The molecule has 0 atom stereocenters. The summed E-state index contributed by atoms with van der Waals surface area (Å²) in [6.07, 6.45) is 2.92. The number of rotatable bonds is 7. The highest BCUT2D eigenvalue weighted by Crippen LogP contribution is 2.37. The third-order valence-electron chi connectivity index (χ3n) is 2.45. The van der Waals surface area contributed by atoms with E-state index in [9.17, 15) is 9.59 Å². The maximum absolute atomic E-state index is 11.1. The van der Waals surface area contributed by atoms with Gasteiger partial charge in [0.15, 0.2) is 11.5 Å². The summed E-state index contributed by atoms with van der Waals surface area (Å²) in [5.74, 6) is -0.797. The molecular weight excluding hydrogens is 354 g/mol. The van der Waals surface area contributed by atoms with Crippen LogP contribution in [0.1, 0.15) is 12.5 Å². The molecule has 22 heavy (non-hydrogen) atoms. The van der Waals surface area contributed by atoms with Crippen LogP contribution in [0, 0.1) is 0 Å². The van der Waals surface area contributed by atoms with Gasteiger partial charge in [-0.3, -0.25) is 4.79 Å². The lowest BCUT2D eigenvalue weighted by molar-refractivity contribution is -0.134. The summed E-state index contributed by atoms with van der Waals surface area (Å²) >= 11 is 3.34. The van der Waals surface area contributed by atoms with Gasteiger partial charge in [0, 0.05) is 6.92 Å². The normalized spacial score (nSPS) is 10.8. The molecule has 1 aromatic carbocycles. The zero-order chi connectivity index (χ0) is 16.7. The van der Waals surface area contributed by atoms with Crippen LogP contribution in [0.2, 0.25) is 0 Å². The Labute approximate surface area is 136 Å². The Morgan fingerprint density at radius 1 is 1.45 bits per heavy atom. The van der Waals surface area contributed by atoms with E-state index in [2.05, 4.69) is 27.8 Å². The van der Waals surface area contributed by atoms with E-state index >= 15 is 0 Å². The van der Waals surface area contributed by atoms with Gasteiger partial charge in [0.1, 0.15) is 12.3 Å². The Hall–Kier alpha value is -2.28. The van der Waals surface area contributed by atoms with Gasteiger partial charge in [-0.2, -0.15) is 0 Å². The molecule has 7 heteroatoms. The van der Waals surface area contributed by atoms with Crippen molar-refractivity contribution in [2.45, 2.75) is 6.92 Å². The molecule has 0 aliphatic carbocycles. The fourth-order valence-electron chi connectivity index (χ4n) is 1.61. The van der Waals surface area contributed by atoms with Crippen molar-refractivity contribution < 1.29 is 24.2 Å². The summed E-state index contributed by atoms with van der Waals surface area (Å²) in [5, 5.41) is 11.3. The second-order valence-electron chi connectivity index (χ2n) is 4.18. The van der Waals surface area contributed by atoms with E-state index in [0.29, 0.717) is 28.1 Å². The molecule has 0 heterocycles. The van der Waals surface area contributed by atoms with Gasteiger partial charge in [-0.05, 0) is 39.7 Å². The van der Waals surface area contributed by atoms with Crippen molar-refractivity contribution in [3.63, 3.8) is 0 Å². The van der Waals surface area contributed by atoms with Crippen LogP contribution in [0.15, 0.2) is 35.0 Å². The first-order chi connectivity index (χ1) is 10.4. The number of aliphatic carboxylic acids is 1. The fourth-order valence-corrected chi connectivity index (χ4v) is 2.19. The van der Waals surface area contributed by atoms with Gasteiger partial charge in [0.05, 0.1) is 11.6 Å². The van der Waals surface area contributed by atoms with Crippen LogP contribution >= 0.6 is 15.9 Å². The summed E-state index contributed by atoms with van der Waals surface area (Å²) in [5.41, 5.74) is 0.294. The van der Waals surface area contributed by atoms with Crippen LogP contribution in [0.4, 0.5) is 0 Å². The van der Waals surface area contributed by atoms with Gasteiger partial charge in [0.25, 0.3) is 0 Å². The maximum atomic E-state index is 11.1. The van der Waals surface area contributed by atoms with Gasteiger partial charge >= 0.3 is 5.97 Å². The van der Waals surface area contributed by atoms with Gasteiger partial charge < -0.3 is 19.9 Å². The quantitative estimate of drug-likeness (QED) is 0.569. The molecule has 6 nitrogen and oxygen atoms in total. The SMILES string of the molecule is C=CCOc1c(Br)cc(C=C(NC(C)=O)C(=O)O)cc1OC. The number of carbonyl (C=O) groups excluding carboxylic acids is 1. The molecule has 0 aliphatic rings. The Bertz CT molecular complexity index is 625. The molecule has 0 unspecified atom stereocenters. The molecule has 0 aliphatic heterocycles. The summed E-state index contributed by atoms with van der Waals surface area (Å²) < 4.78 is 11.3. The average molecular weight is 370 g/mol. The van der Waals surface area contributed by atoms with E-state index in [4.69, 9.17) is 14.6 Å². The van der Waals surface area contributed by atoms with Crippen molar-refractivity contribution in [3.8, 4) is 11.5 Å². The number of hydrogen-bond acceptors (Lipinski definition) is 4. The molecule has 1 aromatic rings. The summed E-state index contributed by atoms with van der Waals surface area (Å²) in [6.45, 7) is 5.11. The number of carbonyl (C=O) groups is 2. The number of ether oxygens (including phenoxy) is 2. The van der Waals surface area contributed by atoms with Crippen LogP contribution in [0.5, 0.6) is 11.5 Å². The molecule has 0 saturated heterocycles. The van der Waals surface area contributed by atoms with Crippen LogP contribution in [-0.4, -0.2) is 30.7 Å². The van der Waals surface area contributed by atoms with E-state index in [1.165, 1.54) is 20.1 Å². The second kappa shape index (κ2) is 8.23. The first-order valence-electron chi connectivity index (χ1n) is 6.22. The lowest BCUT2D eigenvalue weighted by Gasteiger charge is -2.12. The van der Waals surface area contributed by atoms with E-state index in [-0.39, 0.29) is 5.70 Å². The van der Waals surface area contributed by atoms with Crippen LogP contribution in [-0.2, 0) is 9.59 Å². The number of carboxylic acid groups (broad SMARTS) is 1. The van der Waals surface area contributed by atoms with Crippen molar-refractivity contribution in [2.24, 2.45) is 0 Å². The Morgan fingerprint density at radius 2 is 2.14 bits per heavy atom. The predicted molar refractivity (Wildman–Crippen MR) is 85.8 cm³/mol. The minimum Gasteiger partial charge on any atom is -0.493 e. The predicted octanol–water partition coefficient (Wildman–Crippen LogP) is 2.58. The summed E-state index contributed by atoms with van der Waals surface area (Å²) in [6, 6.07) is 3.26. The third-order valence-corrected chi connectivity index (χ3v) is 3.04. The number of hydrogen-bond donors (Lipinski definition) is 2. The Morgan fingerprint density at radius 3 is 2.64 bits per heavy atom. The zero-order valence-corrected chi connectivity index (χ0v) is 13.8. The first-order valence-corrected chi connectivity index (χ1v) is 7.02. The molecule has 2 N–H and O–H groups in total. The van der Waals surface area contributed by atoms with Crippen molar-refractivity contribution in [1.82, 2.24) is 5.32 Å². The number of halogens is 1. The number of nitrogens with one attached hydrogen (secondary N) is 1. The molecule has 0 bridgehead atoms. The van der Waals surface area contributed by atoms with E-state index in [1.54, 1.807) is 18.2 Å². The Kier molecular flexibility index (Phi) is 6.65. The molecule has 0 fully saturated rings. The summed E-state index contributed by atoms with van der Waals surface area (Å²) in [4.78, 5) is 22.2. The van der Waals surface area contributed by atoms with Crippen molar-refractivity contribution >= 4 is 33.9 Å². The molecule has 118 valence electrons. The topological polar surface area (TPSA) is 84.9 Å². The summed E-state index contributed by atoms with van der Waals surface area (Å²) in [7, 11) is 1.47. The average Bonchev–Trinajstić information content (AvgIpc) is 2.44. The zero-order valence-electron chi connectivity index (χ0n) is 12.2. The van der Waals surface area contributed by atoms with E-state index in [0.717, 1.165) is 0 Å². The minimum atomic E-state index is -1.24. The molecule has 0 radical (unpaired) electrons. The number of amides is 1. The highest BCUT2D eigenvalue weighted by Gasteiger charge is 2.13. The number of carboxylic acids is 1. The molecular formula is C15H16BrNO5. The first kappa shape index (κ1) is 17.8. The minimum absolute atomic E-state index is 0.235. The second-order valence-corrected chi connectivity index (χ2v) is 5.03. The lowest BCUT2D eigenvalue weighted by Crippen LogP contribution is -2.24. The maximum Gasteiger partial charge on any atom is 0.352 e. The van der Waals surface area contributed by atoms with Crippen molar-refractivity contribution in [1.29, 1.82) is 0 Å². The third kappa shape index (κ3) is 4.92. The molecule has 0 spiro atoms. The highest BCUT2D eigenvalue weighted by atomic mass is 79.9. The van der Waals surface area contributed by atoms with Gasteiger partial charge in [-0.25, -0.2) is 4.79 Å². The molecule has 1 amide bonds. The van der Waals surface area contributed by atoms with E-state index in [1.807, 2.05) is 0 Å². The lowest BCUT2D eigenvalue weighted by atomic mass is 10.1.